The molecule has 0 saturated heterocycles. The van der Waals surface area contributed by atoms with E-state index in [1.165, 1.54) is 0 Å². The molecule has 1 N–H and O–H groups in total. The Kier molecular flexibility index (Phi) is 5.77. The van der Waals surface area contributed by atoms with Crippen molar-refractivity contribution in [2.45, 2.75) is 33.6 Å². The monoisotopic (exact) mass is 254 g/mol. The molecule has 1 aromatic heterocycles. The highest BCUT2D eigenvalue weighted by Gasteiger charge is 2.19. The predicted octanol–water partition coefficient (Wildman–Crippen LogP) is 1.43. The lowest BCUT2D eigenvalue weighted by Crippen LogP contribution is -2.34. The number of nitrogens with one attached hydrogen (secondary N) is 1. The zero-order valence-electron chi connectivity index (χ0n) is 11.6. The summed E-state index contributed by atoms with van der Waals surface area (Å²) in [5.41, 5.74) is 0. The summed E-state index contributed by atoms with van der Waals surface area (Å²) in [6.45, 7) is 10.2. The second-order valence-corrected chi connectivity index (χ2v) is 4.28. The molecule has 6 nitrogen and oxygen atoms in total. The summed E-state index contributed by atoms with van der Waals surface area (Å²) in [7, 11) is 0. The van der Waals surface area contributed by atoms with Gasteiger partial charge < -0.3 is 9.64 Å². The zero-order valence-corrected chi connectivity index (χ0v) is 11.6. The molecule has 0 aliphatic rings. The molecule has 102 valence electrons. The number of aromatic nitrogens is 3. The molecule has 0 aliphatic heterocycles. The number of hydrogen-bond acceptors (Lipinski definition) is 4. The van der Waals surface area contributed by atoms with E-state index in [9.17, 15) is 4.79 Å². The zero-order chi connectivity index (χ0) is 13.5. The van der Waals surface area contributed by atoms with Crippen LogP contribution in [0, 0.1) is 0 Å². The van der Waals surface area contributed by atoms with Crippen molar-refractivity contribution in [1.29, 1.82) is 0 Å². The van der Waals surface area contributed by atoms with Crippen molar-refractivity contribution in [2.75, 3.05) is 26.3 Å². The Morgan fingerprint density at radius 3 is 2.67 bits per heavy atom. The third kappa shape index (κ3) is 3.80. The van der Waals surface area contributed by atoms with Gasteiger partial charge in [-0.15, -0.1) is 5.10 Å². The molecule has 1 amide bonds. The highest BCUT2D eigenvalue weighted by Crippen LogP contribution is 2.08. The summed E-state index contributed by atoms with van der Waals surface area (Å²) >= 11 is 0. The van der Waals surface area contributed by atoms with Gasteiger partial charge in [0.1, 0.15) is 5.82 Å². The van der Waals surface area contributed by atoms with Gasteiger partial charge in [-0.05, 0) is 13.8 Å². The van der Waals surface area contributed by atoms with E-state index in [2.05, 4.69) is 15.2 Å². The molecule has 0 radical (unpaired) electrons. The van der Waals surface area contributed by atoms with Crippen LogP contribution in [0.3, 0.4) is 0 Å². The van der Waals surface area contributed by atoms with E-state index in [0.717, 1.165) is 5.82 Å². The summed E-state index contributed by atoms with van der Waals surface area (Å²) in [6, 6.07) is 0. The number of hydrogen-bond donors (Lipinski definition) is 1. The quantitative estimate of drug-likeness (QED) is 0.747. The van der Waals surface area contributed by atoms with Crippen LogP contribution in [0.1, 0.15) is 50.1 Å². The average Bonchev–Trinajstić information content (AvgIpc) is 2.83. The van der Waals surface area contributed by atoms with Crippen LogP contribution in [0.5, 0.6) is 0 Å². The van der Waals surface area contributed by atoms with Gasteiger partial charge >= 0.3 is 0 Å². The van der Waals surface area contributed by atoms with Crippen LogP contribution in [0.2, 0.25) is 0 Å². The molecule has 0 saturated carbocycles. The molecule has 0 aromatic carbocycles. The van der Waals surface area contributed by atoms with Crippen molar-refractivity contribution >= 4 is 5.91 Å². The summed E-state index contributed by atoms with van der Waals surface area (Å²) < 4.78 is 5.25. The van der Waals surface area contributed by atoms with Crippen molar-refractivity contribution in [3.63, 3.8) is 0 Å². The van der Waals surface area contributed by atoms with Gasteiger partial charge in [0, 0.05) is 25.6 Å². The number of likely N-dealkylation sites (N-methyl/N-ethyl adjacent to an activating group) is 1. The number of carbonyl (C=O) groups excluding carboxylic acids is 1. The van der Waals surface area contributed by atoms with Gasteiger partial charge in [-0.2, -0.15) is 0 Å². The first-order valence-electron chi connectivity index (χ1n) is 6.39. The maximum absolute atomic E-state index is 12.1. The second-order valence-electron chi connectivity index (χ2n) is 4.28. The summed E-state index contributed by atoms with van der Waals surface area (Å²) in [4.78, 5) is 18.0. The van der Waals surface area contributed by atoms with Gasteiger partial charge in [0.05, 0.1) is 6.61 Å². The van der Waals surface area contributed by atoms with Crippen LogP contribution in [-0.4, -0.2) is 52.3 Å². The number of rotatable bonds is 7. The minimum absolute atomic E-state index is 0.152. The molecule has 0 bridgehead atoms. The first kappa shape index (κ1) is 14.6. The van der Waals surface area contributed by atoms with Crippen molar-refractivity contribution in [2.24, 2.45) is 0 Å². The van der Waals surface area contributed by atoms with Crippen LogP contribution < -0.4 is 0 Å². The van der Waals surface area contributed by atoms with E-state index in [-0.39, 0.29) is 17.6 Å². The lowest BCUT2D eigenvalue weighted by molar-refractivity contribution is 0.0658. The summed E-state index contributed by atoms with van der Waals surface area (Å²) in [5, 5.41) is 6.76. The molecule has 1 heterocycles. The van der Waals surface area contributed by atoms with Gasteiger partial charge in [-0.1, -0.05) is 13.8 Å². The van der Waals surface area contributed by atoms with E-state index in [1.807, 2.05) is 27.7 Å². The molecule has 0 aliphatic carbocycles. The lowest BCUT2D eigenvalue weighted by Gasteiger charge is -2.18. The molecule has 1 aromatic rings. The van der Waals surface area contributed by atoms with Crippen molar-refractivity contribution in [3.8, 4) is 0 Å². The third-order valence-electron chi connectivity index (χ3n) is 2.62. The van der Waals surface area contributed by atoms with Crippen molar-refractivity contribution in [1.82, 2.24) is 20.1 Å². The van der Waals surface area contributed by atoms with Gasteiger partial charge in [-0.3, -0.25) is 9.89 Å². The molecule has 0 unspecified atom stereocenters. The minimum Gasteiger partial charge on any atom is -0.380 e. The maximum atomic E-state index is 12.1. The first-order chi connectivity index (χ1) is 8.60. The minimum atomic E-state index is -0.152. The van der Waals surface area contributed by atoms with Crippen LogP contribution >= 0.6 is 0 Å². The largest absolute Gasteiger partial charge is 0.380 e. The van der Waals surface area contributed by atoms with Crippen molar-refractivity contribution in [3.05, 3.63) is 11.6 Å². The molecule has 6 heteroatoms. The Hall–Kier alpha value is -1.43. The normalized spacial score (nSPS) is 10.9. The van der Waals surface area contributed by atoms with Gasteiger partial charge in [0.25, 0.3) is 5.91 Å². The van der Waals surface area contributed by atoms with Crippen LogP contribution in [-0.2, 0) is 4.74 Å². The van der Waals surface area contributed by atoms with E-state index in [4.69, 9.17) is 4.74 Å². The summed E-state index contributed by atoms with van der Waals surface area (Å²) in [6.07, 6.45) is 0. The Morgan fingerprint density at radius 2 is 2.17 bits per heavy atom. The third-order valence-corrected chi connectivity index (χ3v) is 2.62. The van der Waals surface area contributed by atoms with E-state index in [0.29, 0.717) is 26.3 Å². The topological polar surface area (TPSA) is 71.1 Å². The summed E-state index contributed by atoms with van der Waals surface area (Å²) in [5.74, 6) is 1.05. The van der Waals surface area contributed by atoms with Crippen LogP contribution in [0.4, 0.5) is 0 Å². The Morgan fingerprint density at radius 1 is 1.44 bits per heavy atom. The molecule has 18 heavy (non-hydrogen) atoms. The molecular formula is C12H22N4O2. The fourth-order valence-electron chi connectivity index (χ4n) is 1.49. The number of nitrogens with zero attached hydrogens (tertiary/aromatic N) is 3. The van der Waals surface area contributed by atoms with Crippen molar-refractivity contribution < 1.29 is 9.53 Å². The van der Waals surface area contributed by atoms with Gasteiger partial charge in [0.15, 0.2) is 0 Å². The van der Waals surface area contributed by atoms with Gasteiger partial charge in [0.2, 0.25) is 5.82 Å². The smallest absolute Gasteiger partial charge is 0.293 e. The Balaban J connectivity index is 2.64. The maximum Gasteiger partial charge on any atom is 0.293 e. The highest BCUT2D eigenvalue weighted by atomic mass is 16.5. The molecule has 0 atom stereocenters. The Labute approximate surface area is 108 Å². The molecule has 0 spiro atoms. The Bertz CT molecular complexity index is 376. The van der Waals surface area contributed by atoms with E-state index in [1.54, 1.807) is 4.90 Å². The number of carbonyl (C=O) groups is 1. The SMILES string of the molecule is CCOCCN(CC)C(=O)c1n[nH]c(C(C)C)n1. The average molecular weight is 254 g/mol. The molecule has 1 rings (SSSR count). The fourth-order valence-corrected chi connectivity index (χ4v) is 1.49. The molecular weight excluding hydrogens is 232 g/mol. The van der Waals surface area contributed by atoms with Gasteiger partial charge in [-0.25, -0.2) is 4.98 Å². The standard InChI is InChI=1S/C12H22N4O2/c1-5-16(7-8-18-6-2)12(17)11-13-10(9(3)4)14-15-11/h9H,5-8H2,1-4H3,(H,13,14,15). The first-order valence-corrected chi connectivity index (χ1v) is 6.39. The fraction of sp³-hybridized carbons (Fsp3) is 0.750. The van der Waals surface area contributed by atoms with Crippen LogP contribution in [0.25, 0.3) is 0 Å². The molecule has 0 fully saturated rings. The lowest BCUT2D eigenvalue weighted by atomic mass is 10.2. The number of aromatic amines is 1. The number of H-pyrrole nitrogens is 1. The predicted molar refractivity (Wildman–Crippen MR) is 68.5 cm³/mol. The van der Waals surface area contributed by atoms with E-state index < -0.39 is 0 Å². The van der Waals surface area contributed by atoms with E-state index >= 15 is 0 Å². The number of amides is 1. The number of ether oxygens (including phenoxy) is 1. The highest BCUT2D eigenvalue weighted by molar-refractivity contribution is 5.90. The second kappa shape index (κ2) is 7.10. The van der Waals surface area contributed by atoms with Crippen LogP contribution in [0.15, 0.2) is 0 Å².